The summed E-state index contributed by atoms with van der Waals surface area (Å²) in [5.74, 6) is 0. The minimum absolute atomic E-state index is 0.0696. The fraction of sp³-hybridized carbons (Fsp3) is 0. The van der Waals surface area contributed by atoms with Crippen LogP contribution in [0.4, 0.5) is 11.4 Å². The SMILES string of the molecule is NS(=O)(=O)c1ccc(N/N=C\c2cccs2)c([N+](=O)[O-])c1. The Kier molecular flexibility index (Phi) is 4.31. The molecule has 0 aliphatic heterocycles. The van der Waals surface area contributed by atoms with Gasteiger partial charge in [0.05, 0.1) is 16.0 Å². The first kappa shape index (κ1) is 15.1. The number of nitrogens with zero attached hydrogens (tertiary/aromatic N) is 2. The normalized spacial score (nSPS) is 11.7. The number of hydrogen-bond acceptors (Lipinski definition) is 7. The Labute approximate surface area is 124 Å². The van der Waals surface area contributed by atoms with Gasteiger partial charge < -0.3 is 0 Å². The van der Waals surface area contributed by atoms with Crippen molar-refractivity contribution in [3.05, 3.63) is 50.7 Å². The molecule has 0 saturated carbocycles. The van der Waals surface area contributed by atoms with Crippen molar-refractivity contribution >= 4 is 38.9 Å². The molecule has 21 heavy (non-hydrogen) atoms. The zero-order valence-corrected chi connectivity index (χ0v) is 12.1. The highest BCUT2D eigenvalue weighted by Crippen LogP contribution is 2.27. The van der Waals surface area contributed by atoms with Crippen molar-refractivity contribution < 1.29 is 13.3 Å². The van der Waals surface area contributed by atoms with Crippen LogP contribution in [-0.2, 0) is 10.0 Å². The molecule has 10 heteroatoms. The number of nitro benzene ring substituents is 1. The minimum Gasteiger partial charge on any atom is -0.272 e. The summed E-state index contributed by atoms with van der Waals surface area (Å²) in [6, 6.07) is 6.97. The van der Waals surface area contributed by atoms with Crippen LogP contribution < -0.4 is 10.6 Å². The fourth-order valence-corrected chi connectivity index (χ4v) is 2.58. The Morgan fingerprint density at radius 2 is 2.14 bits per heavy atom. The molecular formula is C11H10N4O4S2. The van der Waals surface area contributed by atoms with Gasteiger partial charge in [-0.25, -0.2) is 13.6 Å². The van der Waals surface area contributed by atoms with Crippen LogP contribution in [0.25, 0.3) is 0 Å². The third-order valence-corrected chi connectivity index (χ3v) is 4.13. The van der Waals surface area contributed by atoms with Gasteiger partial charge >= 0.3 is 0 Å². The molecule has 0 aliphatic carbocycles. The second-order valence-corrected chi connectivity index (χ2v) is 6.41. The number of nitrogens with two attached hydrogens (primary N) is 1. The third kappa shape index (κ3) is 3.84. The van der Waals surface area contributed by atoms with E-state index in [1.807, 2.05) is 17.5 Å². The first-order valence-corrected chi connectivity index (χ1v) is 7.94. The molecule has 1 heterocycles. The Balaban J connectivity index is 2.29. The number of rotatable bonds is 5. The van der Waals surface area contributed by atoms with Gasteiger partial charge in [-0.15, -0.1) is 11.3 Å². The number of anilines is 1. The number of nitrogens with one attached hydrogen (secondary N) is 1. The molecule has 0 radical (unpaired) electrons. The standard InChI is InChI=1S/C11H10N4O4S2/c12-21(18,19)9-3-4-10(11(6-9)15(16)17)14-13-7-8-2-1-5-20-8/h1-7,14H,(H2,12,18,19)/b13-7-. The Hall–Kier alpha value is -2.30. The van der Waals surface area contributed by atoms with Crippen molar-refractivity contribution in [2.45, 2.75) is 4.90 Å². The van der Waals surface area contributed by atoms with Crippen molar-refractivity contribution in [3.63, 3.8) is 0 Å². The van der Waals surface area contributed by atoms with Crippen LogP contribution >= 0.6 is 11.3 Å². The van der Waals surface area contributed by atoms with Crippen LogP contribution in [0.3, 0.4) is 0 Å². The maximum absolute atomic E-state index is 11.2. The predicted molar refractivity (Wildman–Crippen MR) is 80.0 cm³/mol. The molecule has 0 unspecified atom stereocenters. The van der Waals surface area contributed by atoms with Gasteiger partial charge in [-0.3, -0.25) is 15.5 Å². The lowest BCUT2D eigenvalue weighted by atomic mass is 10.3. The highest BCUT2D eigenvalue weighted by atomic mass is 32.2. The first-order valence-electron chi connectivity index (χ1n) is 5.52. The lowest BCUT2D eigenvalue weighted by Crippen LogP contribution is -2.12. The van der Waals surface area contributed by atoms with Gasteiger partial charge in [0.15, 0.2) is 0 Å². The maximum atomic E-state index is 11.2. The van der Waals surface area contributed by atoms with Crippen molar-refractivity contribution in [1.82, 2.24) is 0 Å². The number of sulfonamides is 1. The summed E-state index contributed by atoms with van der Waals surface area (Å²) in [5, 5.41) is 21.6. The average Bonchev–Trinajstić information content (AvgIpc) is 2.90. The number of nitro groups is 1. The predicted octanol–water partition coefficient (Wildman–Crippen LogP) is 1.75. The summed E-state index contributed by atoms with van der Waals surface area (Å²) in [6.45, 7) is 0. The Morgan fingerprint density at radius 1 is 1.38 bits per heavy atom. The summed E-state index contributed by atoms with van der Waals surface area (Å²) in [6.07, 6.45) is 1.50. The molecule has 0 atom stereocenters. The topological polar surface area (TPSA) is 128 Å². The van der Waals surface area contributed by atoms with Crippen LogP contribution in [-0.4, -0.2) is 19.6 Å². The average molecular weight is 326 g/mol. The van der Waals surface area contributed by atoms with E-state index in [0.717, 1.165) is 10.9 Å². The third-order valence-electron chi connectivity index (χ3n) is 2.41. The van der Waals surface area contributed by atoms with Crippen LogP contribution in [0, 0.1) is 10.1 Å². The zero-order chi connectivity index (χ0) is 15.5. The molecule has 8 nitrogen and oxygen atoms in total. The van der Waals surface area contributed by atoms with E-state index in [-0.39, 0.29) is 10.6 Å². The van der Waals surface area contributed by atoms with E-state index >= 15 is 0 Å². The van der Waals surface area contributed by atoms with E-state index in [9.17, 15) is 18.5 Å². The molecule has 3 N–H and O–H groups in total. The Bertz CT molecular complexity index is 785. The quantitative estimate of drug-likeness (QED) is 0.491. The first-order chi connectivity index (χ1) is 9.88. The molecule has 0 fully saturated rings. The number of hydrazone groups is 1. The summed E-state index contributed by atoms with van der Waals surface area (Å²) < 4.78 is 22.4. The summed E-state index contributed by atoms with van der Waals surface area (Å²) in [4.78, 5) is 10.8. The van der Waals surface area contributed by atoms with Crippen molar-refractivity contribution in [2.75, 3.05) is 5.43 Å². The highest BCUT2D eigenvalue weighted by molar-refractivity contribution is 7.89. The van der Waals surface area contributed by atoms with Crippen molar-refractivity contribution in [1.29, 1.82) is 0 Å². The number of benzene rings is 1. The number of hydrogen-bond donors (Lipinski definition) is 2. The van der Waals surface area contributed by atoms with Crippen LogP contribution in [0.2, 0.25) is 0 Å². The molecule has 0 bridgehead atoms. The number of primary sulfonamides is 1. The van der Waals surface area contributed by atoms with E-state index in [4.69, 9.17) is 5.14 Å². The van der Waals surface area contributed by atoms with Crippen molar-refractivity contribution in [2.24, 2.45) is 10.2 Å². The molecule has 0 amide bonds. The largest absolute Gasteiger partial charge is 0.295 e. The monoisotopic (exact) mass is 326 g/mol. The van der Waals surface area contributed by atoms with Gasteiger partial charge in [-0.1, -0.05) is 6.07 Å². The van der Waals surface area contributed by atoms with E-state index in [0.29, 0.717) is 0 Å². The van der Waals surface area contributed by atoms with Gasteiger partial charge in [-0.2, -0.15) is 5.10 Å². The summed E-state index contributed by atoms with van der Waals surface area (Å²) >= 11 is 1.46. The molecule has 1 aromatic carbocycles. The molecule has 2 aromatic rings. The summed E-state index contributed by atoms with van der Waals surface area (Å²) in [7, 11) is -4.00. The van der Waals surface area contributed by atoms with Gasteiger partial charge in [0, 0.05) is 10.9 Å². The molecule has 1 aromatic heterocycles. The van der Waals surface area contributed by atoms with Crippen molar-refractivity contribution in [3.8, 4) is 0 Å². The zero-order valence-electron chi connectivity index (χ0n) is 10.5. The Morgan fingerprint density at radius 3 is 2.71 bits per heavy atom. The highest BCUT2D eigenvalue weighted by Gasteiger charge is 2.18. The molecule has 0 spiro atoms. The van der Waals surface area contributed by atoms with Crippen LogP contribution in [0.15, 0.2) is 45.7 Å². The molecule has 0 saturated heterocycles. The lowest BCUT2D eigenvalue weighted by Gasteiger charge is -2.04. The van der Waals surface area contributed by atoms with Gasteiger partial charge in [0.1, 0.15) is 5.69 Å². The van der Waals surface area contributed by atoms with Crippen LogP contribution in [0.5, 0.6) is 0 Å². The van der Waals surface area contributed by atoms with Crippen LogP contribution in [0.1, 0.15) is 4.88 Å². The number of thiophene rings is 1. The van der Waals surface area contributed by atoms with E-state index in [2.05, 4.69) is 10.5 Å². The summed E-state index contributed by atoms with van der Waals surface area (Å²) in [5.41, 5.74) is 2.15. The maximum Gasteiger partial charge on any atom is 0.295 e. The van der Waals surface area contributed by atoms with Gasteiger partial charge in [0.25, 0.3) is 5.69 Å². The van der Waals surface area contributed by atoms with Gasteiger partial charge in [0.2, 0.25) is 10.0 Å². The smallest absolute Gasteiger partial charge is 0.272 e. The second-order valence-electron chi connectivity index (χ2n) is 3.87. The minimum atomic E-state index is -4.00. The molecule has 0 aliphatic rings. The van der Waals surface area contributed by atoms with E-state index in [1.165, 1.54) is 29.7 Å². The van der Waals surface area contributed by atoms with Gasteiger partial charge in [-0.05, 0) is 23.6 Å². The molecule has 2 rings (SSSR count). The molecular weight excluding hydrogens is 316 g/mol. The lowest BCUT2D eigenvalue weighted by molar-refractivity contribution is -0.384. The van der Waals surface area contributed by atoms with E-state index < -0.39 is 20.6 Å². The fourth-order valence-electron chi connectivity index (χ4n) is 1.46. The second kappa shape index (κ2) is 5.99. The molecule has 110 valence electrons. The van der Waals surface area contributed by atoms with E-state index in [1.54, 1.807) is 0 Å².